The lowest BCUT2D eigenvalue weighted by Crippen LogP contribution is -2.54. The van der Waals surface area contributed by atoms with E-state index in [1.807, 2.05) is 31.2 Å². The van der Waals surface area contributed by atoms with E-state index in [9.17, 15) is 38.4 Å². The van der Waals surface area contributed by atoms with Gasteiger partial charge in [-0.15, -0.1) is 0 Å². The van der Waals surface area contributed by atoms with Crippen LogP contribution in [-0.2, 0) is 39.9 Å². The van der Waals surface area contributed by atoms with E-state index in [0.717, 1.165) is 61.8 Å². The van der Waals surface area contributed by atoms with Gasteiger partial charge < -0.3 is 54.0 Å². The molecule has 21 heteroatoms. The Morgan fingerprint density at radius 2 is 1.38 bits per heavy atom. The third-order valence-electron chi connectivity index (χ3n) is 15.0. The summed E-state index contributed by atoms with van der Waals surface area (Å²) < 4.78 is 40.2. The Hall–Kier alpha value is -8.36. The minimum Gasteiger partial charge on any atom is -0.493 e. The van der Waals surface area contributed by atoms with Gasteiger partial charge in [-0.2, -0.15) is 0 Å². The second-order valence-corrected chi connectivity index (χ2v) is 20.3. The molecule has 2 saturated heterocycles. The SMILES string of the molecule is CC[C@H](C(=O)N1CCCC[C@H]1C(=O)O[C@H](CCc1ccc(OC)c(OC)c1)c1cccc(OCC(=O)NCCCCCCCCNC(=O)CNc2cccc3c2C(=O)N(C2CCC(=O)NC2=O)C3=O)c1)c1cc(OC)c(OC)c(OC)c1. The molecule has 440 valence electrons. The molecule has 82 heavy (non-hydrogen) atoms. The largest absolute Gasteiger partial charge is 0.493 e. The van der Waals surface area contributed by atoms with Gasteiger partial charge in [-0.25, -0.2) is 4.79 Å². The molecule has 0 saturated carbocycles. The molecule has 0 spiro atoms. The smallest absolute Gasteiger partial charge is 0.329 e. The number of piperidine rings is 2. The molecule has 4 atom stereocenters. The molecule has 4 aromatic rings. The molecule has 7 rings (SSSR count). The average molecular weight is 1130 g/mol. The van der Waals surface area contributed by atoms with Crippen molar-refractivity contribution in [2.75, 3.05) is 73.7 Å². The predicted molar refractivity (Wildman–Crippen MR) is 302 cm³/mol. The number of imide groups is 2. The maximum Gasteiger partial charge on any atom is 0.329 e. The maximum absolute atomic E-state index is 14.5. The second-order valence-electron chi connectivity index (χ2n) is 20.3. The monoisotopic (exact) mass is 1130 g/mol. The van der Waals surface area contributed by atoms with Crippen LogP contribution in [0.1, 0.15) is 140 Å². The number of hydrogen-bond acceptors (Lipinski definition) is 16. The fourth-order valence-electron chi connectivity index (χ4n) is 10.7. The summed E-state index contributed by atoms with van der Waals surface area (Å²) in [6.07, 6.45) is 7.77. The number of benzene rings is 4. The van der Waals surface area contributed by atoms with Crippen molar-refractivity contribution < 1.29 is 71.5 Å². The number of nitrogens with one attached hydrogen (secondary N) is 4. The summed E-state index contributed by atoms with van der Waals surface area (Å²) >= 11 is 0. The van der Waals surface area contributed by atoms with Crippen LogP contribution in [0.2, 0.25) is 0 Å². The highest BCUT2D eigenvalue weighted by molar-refractivity contribution is 6.25. The number of carbonyl (C=O) groups excluding carboxylic acids is 8. The Labute approximate surface area is 478 Å². The van der Waals surface area contributed by atoms with Crippen LogP contribution < -0.4 is 49.7 Å². The number of amides is 7. The summed E-state index contributed by atoms with van der Waals surface area (Å²) in [5.41, 5.74) is 2.79. The Bertz CT molecular complexity index is 2920. The summed E-state index contributed by atoms with van der Waals surface area (Å²) in [6.45, 7) is 2.89. The molecule has 3 heterocycles. The van der Waals surface area contributed by atoms with Crippen LogP contribution in [0.5, 0.6) is 34.5 Å². The summed E-state index contributed by atoms with van der Waals surface area (Å²) in [6, 6.07) is 19.1. The van der Waals surface area contributed by atoms with Crippen molar-refractivity contribution in [3.8, 4) is 34.5 Å². The van der Waals surface area contributed by atoms with Crippen molar-refractivity contribution in [2.24, 2.45) is 0 Å². The number of unbranched alkanes of at least 4 members (excludes halogenated alkanes) is 5. The average Bonchev–Trinajstić information content (AvgIpc) is 3.15. The molecule has 3 aliphatic rings. The molecule has 3 aliphatic heterocycles. The topological polar surface area (TPSA) is 256 Å². The zero-order chi connectivity index (χ0) is 58.7. The van der Waals surface area contributed by atoms with E-state index in [1.54, 1.807) is 61.6 Å². The first kappa shape index (κ1) is 61.3. The summed E-state index contributed by atoms with van der Waals surface area (Å²) in [5, 5.41) is 10.9. The van der Waals surface area contributed by atoms with Gasteiger partial charge in [0.05, 0.1) is 59.1 Å². The summed E-state index contributed by atoms with van der Waals surface area (Å²) in [7, 11) is 7.71. The van der Waals surface area contributed by atoms with Crippen molar-refractivity contribution in [2.45, 2.75) is 121 Å². The Morgan fingerprint density at radius 1 is 0.695 bits per heavy atom. The molecular formula is C61H76N6O15. The van der Waals surface area contributed by atoms with Crippen molar-refractivity contribution in [1.29, 1.82) is 0 Å². The molecule has 2 fully saturated rings. The van der Waals surface area contributed by atoms with Gasteiger partial charge in [-0.3, -0.25) is 43.8 Å². The van der Waals surface area contributed by atoms with Gasteiger partial charge >= 0.3 is 5.97 Å². The van der Waals surface area contributed by atoms with Gasteiger partial charge in [0.25, 0.3) is 17.7 Å². The fourth-order valence-corrected chi connectivity index (χ4v) is 10.7. The number of likely N-dealkylation sites (tertiary alicyclic amines) is 1. The quantitative estimate of drug-likeness (QED) is 0.0233. The van der Waals surface area contributed by atoms with Gasteiger partial charge in [0.2, 0.25) is 29.4 Å². The van der Waals surface area contributed by atoms with Crippen LogP contribution >= 0.6 is 0 Å². The molecule has 4 aromatic carbocycles. The first-order valence-corrected chi connectivity index (χ1v) is 28.1. The van der Waals surface area contributed by atoms with E-state index in [1.165, 1.54) is 27.4 Å². The lowest BCUT2D eigenvalue weighted by Gasteiger charge is -2.37. The standard InChI is InChI=1S/C61H76N6O15/c1-7-42(40-34-50(78-4)56(80-6)51(35-40)79-5)58(72)66-31-15-12-22-46(66)61(75)82-47(26-23-38-24-27-48(76-2)49(32-38)77-3)39-18-16-19-41(33-39)81-37-54(70)63-30-14-11-9-8-10-13-29-62-53(69)36-64-44-21-17-20-43-55(44)60(74)67(59(43)73)45-25-28-52(68)65-57(45)71/h16-21,24,27,32-35,42,45-47,64H,7-15,22-23,25-26,28-31,36-37H2,1-6H3,(H,62,69)(H,63,70)(H,65,68,71)/t42-,45?,46-,47+/m0/s1. The van der Waals surface area contributed by atoms with E-state index >= 15 is 0 Å². The Kier molecular flexibility index (Phi) is 22.3. The van der Waals surface area contributed by atoms with E-state index in [-0.39, 0.29) is 54.8 Å². The number of fused-ring (bicyclic) bond motifs is 1. The van der Waals surface area contributed by atoms with Crippen LogP contribution in [0.3, 0.4) is 0 Å². The number of aryl methyl sites for hydroxylation is 1. The maximum atomic E-state index is 14.5. The highest BCUT2D eigenvalue weighted by Crippen LogP contribution is 2.42. The molecule has 0 aromatic heterocycles. The summed E-state index contributed by atoms with van der Waals surface area (Å²) in [5.74, 6) is -1.45. The molecule has 0 radical (unpaired) electrons. The Balaban J connectivity index is 0.854. The number of esters is 1. The molecule has 1 unspecified atom stereocenters. The molecule has 0 bridgehead atoms. The predicted octanol–water partition coefficient (Wildman–Crippen LogP) is 6.99. The van der Waals surface area contributed by atoms with Gasteiger partial charge in [-0.05, 0) is 123 Å². The minimum absolute atomic E-state index is 0.0155. The molecular weight excluding hydrogens is 1060 g/mol. The van der Waals surface area contributed by atoms with E-state index < -0.39 is 53.7 Å². The number of hydrogen-bond donors (Lipinski definition) is 4. The molecule has 0 aliphatic carbocycles. The third kappa shape index (κ3) is 15.3. The number of nitrogens with zero attached hydrogens (tertiary/aromatic N) is 2. The van der Waals surface area contributed by atoms with Crippen LogP contribution in [0.4, 0.5) is 5.69 Å². The number of anilines is 1. The van der Waals surface area contributed by atoms with Crippen LogP contribution in [0.15, 0.2) is 72.8 Å². The van der Waals surface area contributed by atoms with Gasteiger partial charge in [-0.1, -0.05) is 56.9 Å². The number of ether oxygens (including phenoxy) is 7. The fraction of sp³-hybridized carbons (Fsp3) is 0.475. The molecule has 21 nitrogen and oxygen atoms in total. The van der Waals surface area contributed by atoms with Crippen molar-refractivity contribution in [3.05, 3.63) is 101 Å². The zero-order valence-electron chi connectivity index (χ0n) is 47.7. The Morgan fingerprint density at radius 3 is 2.05 bits per heavy atom. The lowest BCUT2D eigenvalue weighted by molar-refractivity contribution is -0.162. The van der Waals surface area contributed by atoms with Crippen molar-refractivity contribution in [3.63, 3.8) is 0 Å². The number of carbonyl (C=O) groups is 8. The molecule has 7 amide bonds. The first-order chi connectivity index (χ1) is 39.7. The molecule has 4 N–H and O–H groups in total. The number of rotatable bonds is 30. The van der Waals surface area contributed by atoms with Gasteiger partial charge in [0.15, 0.2) is 29.6 Å². The third-order valence-corrected chi connectivity index (χ3v) is 15.0. The van der Waals surface area contributed by atoms with Crippen LogP contribution in [-0.4, -0.2) is 138 Å². The number of methoxy groups -OCH3 is 5. The van der Waals surface area contributed by atoms with Crippen molar-refractivity contribution in [1.82, 2.24) is 25.8 Å². The minimum atomic E-state index is -1.09. The first-order valence-electron chi connectivity index (χ1n) is 28.1. The second kappa shape index (κ2) is 29.9. The van der Waals surface area contributed by atoms with Crippen molar-refractivity contribution >= 4 is 53.0 Å². The normalized spacial score (nSPS) is 16.5. The zero-order valence-corrected chi connectivity index (χ0v) is 47.7. The van der Waals surface area contributed by atoms with Gasteiger partial charge in [0.1, 0.15) is 23.9 Å². The van der Waals surface area contributed by atoms with E-state index in [4.69, 9.17) is 33.2 Å². The van der Waals surface area contributed by atoms with Crippen LogP contribution in [0, 0.1) is 0 Å². The lowest BCUT2D eigenvalue weighted by atomic mass is 9.91. The summed E-state index contributed by atoms with van der Waals surface area (Å²) in [4.78, 5) is 108. The van der Waals surface area contributed by atoms with E-state index in [0.29, 0.717) is 96.6 Å². The van der Waals surface area contributed by atoms with Crippen LogP contribution in [0.25, 0.3) is 0 Å². The highest BCUT2D eigenvalue weighted by atomic mass is 16.5. The van der Waals surface area contributed by atoms with Gasteiger partial charge in [0, 0.05) is 31.7 Å². The highest BCUT2D eigenvalue weighted by Gasteiger charge is 2.46. The van der Waals surface area contributed by atoms with E-state index in [2.05, 4.69) is 21.3 Å².